The first-order valence-electron chi connectivity index (χ1n) is 8.69. The van der Waals surface area contributed by atoms with Crippen LogP contribution in [0, 0.1) is 0 Å². The zero-order chi connectivity index (χ0) is 17.3. The zero-order valence-electron chi connectivity index (χ0n) is 14.7. The lowest BCUT2D eigenvalue weighted by Crippen LogP contribution is -2.37. The van der Waals surface area contributed by atoms with Gasteiger partial charge in [0.05, 0.1) is 19.8 Å². The Kier molecular flexibility index (Phi) is 6.85. The van der Waals surface area contributed by atoms with Gasteiger partial charge in [-0.25, -0.2) is 0 Å². The minimum Gasteiger partial charge on any atom is -0.379 e. The first-order valence-corrected chi connectivity index (χ1v) is 9.57. The quantitative estimate of drug-likeness (QED) is 0.615. The van der Waals surface area contributed by atoms with Gasteiger partial charge in [-0.15, -0.1) is 11.3 Å². The normalized spacial score (nSPS) is 16.0. The average Bonchev–Trinajstić information content (AvgIpc) is 3.17. The van der Waals surface area contributed by atoms with E-state index >= 15 is 0 Å². The van der Waals surface area contributed by atoms with Crippen LogP contribution in [0.2, 0.25) is 0 Å². The summed E-state index contributed by atoms with van der Waals surface area (Å²) in [4.78, 5) is 8.07. The Morgan fingerprint density at radius 1 is 1.08 bits per heavy atom. The molecule has 2 heterocycles. The molecule has 25 heavy (non-hydrogen) atoms. The van der Waals surface area contributed by atoms with Gasteiger partial charge in [-0.1, -0.05) is 30.3 Å². The third kappa shape index (κ3) is 5.56. The second-order valence-corrected chi connectivity index (χ2v) is 7.05. The molecular weight excluding hydrogens is 332 g/mol. The van der Waals surface area contributed by atoms with E-state index in [0.717, 1.165) is 51.9 Å². The van der Waals surface area contributed by atoms with Gasteiger partial charge in [0.15, 0.2) is 5.96 Å². The number of ether oxygens (including phenoxy) is 1. The molecule has 3 rings (SSSR count). The monoisotopic (exact) mass is 358 g/mol. The van der Waals surface area contributed by atoms with E-state index in [4.69, 9.17) is 4.74 Å². The van der Waals surface area contributed by atoms with Gasteiger partial charge in [-0.05, 0) is 22.6 Å². The molecule has 1 aromatic heterocycles. The van der Waals surface area contributed by atoms with Crippen molar-refractivity contribution in [3.63, 3.8) is 0 Å². The number of nitrogens with one attached hydrogen (secondary N) is 2. The highest BCUT2D eigenvalue weighted by Gasteiger charge is 2.12. The van der Waals surface area contributed by atoms with Crippen LogP contribution in [0.5, 0.6) is 0 Å². The van der Waals surface area contributed by atoms with Crippen molar-refractivity contribution >= 4 is 17.3 Å². The van der Waals surface area contributed by atoms with Crippen LogP contribution in [0.4, 0.5) is 0 Å². The van der Waals surface area contributed by atoms with Crippen molar-refractivity contribution < 1.29 is 4.74 Å². The van der Waals surface area contributed by atoms with E-state index in [-0.39, 0.29) is 0 Å². The summed E-state index contributed by atoms with van der Waals surface area (Å²) in [6.45, 7) is 6.22. The van der Waals surface area contributed by atoms with Gasteiger partial charge in [0.1, 0.15) is 0 Å². The molecule has 1 saturated heterocycles. The first-order chi connectivity index (χ1) is 12.3. The summed E-state index contributed by atoms with van der Waals surface area (Å²) >= 11 is 1.75. The standard InChI is InChI=1S/C19H26N4OS/c1-20-19(22-14-18-7-4-12-25-18)21-13-16-5-2-3-6-17(16)15-23-8-10-24-11-9-23/h2-7,12H,8-11,13-15H2,1H3,(H2,20,21,22). The van der Waals surface area contributed by atoms with Gasteiger partial charge in [-0.3, -0.25) is 9.89 Å². The Morgan fingerprint density at radius 2 is 1.84 bits per heavy atom. The fourth-order valence-corrected chi connectivity index (χ4v) is 3.51. The molecule has 2 aromatic rings. The third-order valence-electron chi connectivity index (χ3n) is 4.30. The summed E-state index contributed by atoms with van der Waals surface area (Å²) in [6, 6.07) is 12.8. The molecule has 1 fully saturated rings. The van der Waals surface area contributed by atoms with Crippen LogP contribution >= 0.6 is 11.3 Å². The molecule has 0 unspecified atom stereocenters. The largest absolute Gasteiger partial charge is 0.379 e. The molecule has 0 radical (unpaired) electrons. The van der Waals surface area contributed by atoms with Gasteiger partial charge >= 0.3 is 0 Å². The van der Waals surface area contributed by atoms with E-state index in [9.17, 15) is 0 Å². The van der Waals surface area contributed by atoms with Crippen LogP contribution in [0.3, 0.4) is 0 Å². The third-order valence-corrected chi connectivity index (χ3v) is 5.17. The predicted molar refractivity (Wildman–Crippen MR) is 104 cm³/mol. The second-order valence-electron chi connectivity index (χ2n) is 6.02. The van der Waals surface area contributed by atoms with E-state index in [1.807, 2.05) is 7.05 Å². The number of hydrogen-bond acceptors (Lipinski definition) is 4. The van der Waals surface area contributed by atoms with Gasteiger partial charge in [0, 0.05) is 38.1 Å². The molecule has 6 heteroatoms. The molecule has 1 aliphatic heterocycles. The molecule has 0 atom stereocenters. The van der Waals surface area contributed by atoms with E-state index in [1.54, 1.807) is 11.3 Å². The summed E-state index contributed by atoms with van der Waals surface area (Å²) in [5.74, 6) is 0.828. The van der Waals surface area contributed by atoms with Crippen LogP contribution in [0.25, 0.3) is 0 Å². The van der Waals surface area contributed by atoms with Crippen LogP contribution in [0.15, 0.2) is 46.8 Å². The highest BCUT2D eigenvalue weighted by molar-refractivity contribution is 7.09. The van der Waals surface area contributed by atoms with E-state index < -0.39 is 0 Å². The Labute approximate surface area is 153 Å². The smallest absolute Gasteiger partial charge is 0.191 e. The maximum atomic E-state index is 5.44. The first kappa shape index (κ1) is 17.9. The highest BCUT2D eigenvalue weighted by atomic mass is 32.1. The average molecular weight is 359 g/mol. The molecule has 0 aliphatic carbocycles. The SMILES string of the molecule is CN=C(NCc1cccs1)NCc1ccccc1CN1CCOCC1. The Morgan fingerprint density at radius 3 is 2.56 bits per heavy atom. The number of nitrogens with zero attached hydrogens (tertiary/aromatic N) is 2. The summed E-state index contributed by atoms with van der Waals surface area (Å²) < 4.78 is 5.44. The maximum absolute atomic E-state index is 5.44. The van der Waals surface area contributed by atoms with Crippen molar-refractivity contribution in [3.05, 3.63) is 57.8 Å². The van der Waals surface area contributed by atoms with Gasteiger partial charge in [0.25, 0.3) is 0 Å². The van der Waals surface area contributed by atoms with Crippen molar-refractivity contribution in [1.29, 1.82) is 0 Å². The Hall–Kier alpha value is -1.89. The fraction of sp³-hybridized carbons (Fsp3) is 0.421. The summed E-state index contributed by atoms with van der Waals surface area (Å²) in [6.07, 6.45) is 0. The van der Waals surface area contributed by atoms with Gasteiger partial charge in [0.2, 0.25) is 0 Å². The van der Waals surface area contributed by atoms with Crippen LogP contribution in [-0.2, 0) is 24.4 Å². The van der Waals surface area contributed by atoms with E-state index in [2.05, 4.69) is 62.3 Å². The number of morpholine rings is 1. The highest BCUT2D eigenvalue weighted by Crippen LogP contribution is 2.13. The van der Waals surface area contributed by atoms with E-state index in [0.29, 0.717) is 0 Å². The predicted octanol–water partition coefficient (Wildman–Crippen LogP) is 2.45. The lowest BCUT2D eigenvalue weighted by atomic mass is 10.1. The van der Waals surface area contributed by atoms with Crippen LogP contribution in [0.1, 0.15) is 16.0 Å². The van der Waals surface area contributed by atoms with Crippen LogP contribution in [-0.4, -0.2) is 44.2 Å². The van der Waals surface area contributed by atoms with E-state index in [1.165, 1.54) is 16.0 Å². The lowest BCUT2D eigenvalue weighted by molar-refractivity contribution is 0.0341. The summed E-state index contributed by atoms with van der Waals surface area (Å²) in [7, 11) is 1.81. The number of aliphatic imine (C=N–C) groups is 1. The number of guanidine groups is 1. The number of benzene rings is 1. The molecular formula is C19H26N4OS. The number of rotatable bonds is 6. The minimum atomic E-state index is 0.768. The maximum Gasteiger partial charge on any atom is 0.191 e. The van der Waals surface area contributed by atoms with Crippen molar-refractivity contribution in [2.45, 2.75) is 19.6 Å². The molecule has 1 aromatic carbocycles. The van der Waals surface area contributed by atoms with Crippen molar-refractivity contribution in [2.75, 3.05) is 33.4 Å². The van der Waals surface area contributed by atoms with Gasteiger partial charge in [-0.2, -0.15) is 0 Å². The molecule has 0 bridgehead atoms. The molecule has 2 N–H and O–H groups in total. The van der Waals surface area contributed by atoms with Crippen molar-refractivity contribution in [1.82, 2.24) is 15.5 Å². The lowest BCUT2D eigenvalue weighted by Gasteiger charge is -2.27. The Balaban J connectivity index is 1.54. The molecule has 0 saturated carbocycles. The van der Waals surface area contributed by atoms with Crippen molar-refractivity contribution in [3.8, 4) is 0 Å². The molecule has 5 nitrogen and oxygen atoms in total. The molecule has 1 aliphatic rings. The Bertz CT molecular complexity index is 666. The molecule has 0 spiro atoms. The van der Waals surface area contributed by atoms with Gasteiger partial charge < -0.3 is 15.4 Å². The zero-order valence-corrected chi connectivity index (χ0v) is 15.5. The number of thiophene rings is 1. The molecule has 134 valence electrons. The summed E-state index contributed by atoms with van der Waals surface area (Å²) in [5, 5.41) is 8.88. The second kappa shape index (κ2) is 9.56. The fourth-order valence-electron chi connectivity index (χ4n) is 2.87. The van der Waals surface area contributed by atoms with Crippen LogP contribution < -0.4 is 10.6 Å². The summed E-state index contributed by atoms with van der Waals surface area (Å²) in [5.41, 5.74) is 2.68. The number of hydrogen-bond donors (Lipinski definition) is 2. The minimum absolute atomic E-state index is 0.768. The molecule has 0 amide bonds. The van der Waals surface area contributed by atoms with Crippen molar-refractivity contribution in [2.24, 2.45) is 4.99 Å². The topological polar surface area (TPSA) is 48.9 Å².